The summed E-state index contributed by atoms with van der Waals surface area (Å²) in [5.74, 6) is 2.36. The molecule has 3 fully saturated rings. The molecule has 3 N–H and O–H groups in total. The van der Waals surface area contributed by atoms with Gasteiger partial charge in [0.15, 0.2) is 5.82 Å². The Kier molecular flexibility index (Phi) is 5.72. The van der Waals surface area contributed by atoms with Crippen molar-refractivity contribution in [1.82, 2.24) is 29.3 Å². The van der Waals surface area contributed by atoms with Crippen molar-refractivity contribution in [2.45, 2.75) is 50.9 Å². The van der Waals surface area contributed by atoms with Gasteiger partial charge in [-0.25, -0.2) is 9.97 Å². The van der Waals surface area contributed by atoms with E-state index in [-0.39, 0.29) is 23.9 Å². The van der Waals surface area contributed by atoms with Crippen molar-refractivity contribution in [3.8, 4) is 28.5 Å². The lowest BCUT2D eigenvalue weighted by molar-refractivity contribution is 0.0700. The maximum Gasteiger partial charge on any atom is 0.254 e. The number of likely N-dealkylation sites (tertiary alicyclic amines) is 1. The number of methoxy groups -OCH3 is 1. The van der Waals surface area contributed by atoms with E-state index < -0.39 is 0 Å². The number of hydrogen-bond donors (Lipinski definition) is 2. The van der Waals surface area contributed by atoms with Gasteiger partial charge in [-0.15, -0.1) is 0 Å². The zero-order chi connectivity index (χ0) is 30.6. The molecule has 2 aromatic carbocycles. The van der Waals surface area contributed by atoms with Crippen molar-refractivity contribution < 1.29 is 14.3 Å². The molecule has 2 bridgehead atoms. The first-order valence-corrected chi connectivity index (χ1v) is 15.9. The summed E-state index contributed by atoms with van der Waals surface area (Å²) in [7, 11) is 3.64. The number of amides is 2. The fourth-order valence-electron chi connectivity index (χ4n) is 7.86. The molecule has 2 aliphatic heterocycles. The van der Waals surface area contributed by atoms with Crippen LogP contribution in [0.25, 0.3) is 44.8 Å². The van der Waals surface area contributed by atoms with Gasteiger partial charge in [0.25, 0.3) is 11.8 Å². The molecule has 2 aliphatic carbocycles. The first-order valence-electron chi connectivity index (χ1n) is 15.9. The van der Waals surface area contributed by atoms with Crippen LogP contribution in [0.4, 0.5) is 0 Å². The highest BCUT2D eigenvalue weighted by atomic mass is 16.5. The maximum absolute atomic E-state index is 13.7. The van der Waals surface area contributed by atoms with Gasteiger partial charge in [0.05, 0.1) is 24.0 Å². The fourth-order valence-corrected chi connectivity index (χ4v) is 7.86. The summed E-state index contributed by atoms with van der Waals surface area (Å²) < 4.78 is 10.2. The van der Waals surface area contributed by atoms with Crippen LogP contribution in [-0.2, 0) is 20.1 Å². The molecule has 2 saturated carbocycles. The molecule has 5 aromatic rings. The molecule has 10 nitrogen and oxygen atoms in total. The van der Waals surface area contributed by atoms with Crippen molar-refractivity contribution in [3.63, 3.8) is 0 Å². The lowest BCUT2D eigenvalue weighted by Gasteiger charge is -2.27. The number of piperidine rings is 1. The zero-order valence-electron chi connectivity index (χ0n) is 25.4. The van der Waals surface area contributed by atoms with E-state index in [0.717, 1.165) is 75.4 Å². The third-order valence-corrected chi connectivity index (χ3v) is 10.5. The minimum absolute atomic E-state index is 0.00587. The molecule has 3 unspecified atom stereocenters. The summed E-state index contributed by atoms with van der Waals surface area (Å²) in [6.07, 6.45) is 4.45. The highest BCUT2D eigenvalue weighted by Gasteiger charge is 2.47. The monoisotopic (exact) mass is 601 g/mol. The van der Waals surface area contributed by atoms with Crippen LogP contribution in [0.15, 0.2) is 48.5 Å². The van der Waals surface area contributed by atoms with E-state index >= 15 is 0 Å². The molecule has 3 aromatic heterocycles. The molecular formula is C35H35N7O3. The van der Waals surface area contributed by atoms with E-state index in [2.05, 4.69) is 26.6 Å². The molecule has 228 valence electrons. The summed E-state index contributed by atoms with van der Waals surface area (Å²) in [6.45, 7) is 2.14. The lowest BCUT2D eigenvalue weighted by Crippen LogP contribution is -2.41. The molecule has 0 radical (unpaired) electrons. The molecule has 4 aliphatic rings. The molecule has 9 rings (SSSR count). The number of benzene rings is 2. The normalized spacial score (nSPS) is 22.1. The molecule has 45 heavy (non-hydrogen) atoms. The van der Waals surface area contributed by atoms with Crippen molar-refractivity contribution in [1.29, 1.82) is 0 Å². The van der Waals surface area contributed by atoms with Gasteiger partial charge >= 0.3 is 0 Å². The minimum Gasteiger partial charge on any atom is -0.494 e. The molecule has 2 amide bonds. The SMILES string of the molecule is COc1cc(C(=O)N2CC3CCC2C3N)cc2nc(-c3cc4ccc(-c5ccc6c(c5)C(=O)NC6)nc4n3CC3CC3)n(C)c12. The van der Waals surface area contributed by atoms with Gasteiger partial charge in [-0.05, 0) is 79.5 Å². The van der Waals surface area contributed by atoms with Crippen molar-refractivity contribution in [3.05, 3.63) is 65.2 Å². The summed E-state index contributed by atoms with van der Waals surface area (Å²) in [6, 6.07) is 16.2. The second-order valence-electron chi connectivity index (χ2n) is 13.2. The van der Waals surface area contributed by atoms with Crippen molar-refractivity contribution >= 4 is 33.9 Å². The van der Waals surface area contributed by atoms with E-state index in [1.54, 1.807) is 7.11 Å². The second-order valence-corrected chi connectivity index (χ2v) is 13.2. The van der Waals surface area contributed by atoms with Crippen molar-refractivity contribution in [2.75, 3.05) is 13.7 Å². The number of aryl methyl sites for hydroxylation is 1. The number of carbonyl (C=O) groups is 2. The van der Waals surface area contributed by atoms with Gasteiger partial charge in [0.2, 0.25) is 0 Å². The van der Waals surface area contributed by atoms with Crippen LogP contribution in [0.5, 0.6) is 5.75 Å². The summed E-state index contributed by atoms with van der Waals surface area (Å²) in [5.41, 5.74) is 13.9. The van der Waals surface area contributed by atoms with Crippen LogP contribution in [0.3, 0.4) is 0 Å². The Morgan fingerprint density at radius 1 is 1.07 bits per heavy atom. The summed E-state index contributed by atoms with van der Waals surface area (Å²) in [4.78, 5) is 38.3. The molecular weight excluding hydrogens is 566 g/mol. The average molecular weight is 602 g/mol. The number of aromatic nitrogens is 4. The smallest absolute Gasteiger partial charge is 0.254 e. The van der Waals surface area contributed by atoms with Gasteiger partial charge < -0.3 is 29.8 Å². The van der Waals surface area contributed by atoms with Crippen molar-refractivity contribution in [2.24, 2.45) is 24.6 Å². The zero-order valence-corrected chi connectivity index (χ0v) is 25.4. The topological polar surface area (TPSA) is 120 Å². The van der Waals surface area contributed by atoms with Gasteiger partial charge in [-0.3, -0.25) is 9.59 Å². The largest absolute Gasteiger partial charge is 0.494 e. The second kappa shape index (κ2) is 9.65. The highest BCUT2D eigenvalue weighted by Crippen LogP contribution is 2.40. The number of pyridine rings is 1. The Morgan fingerprint density at radius 2 is 1.93 bits per heavy atom. The predicted molar refractivity (Wildman–Crippen MR) is 171 cm³/mol. The highest BCUT2D eigenvalue weighted by molar-refractivity contribution is 6.01. The van der Waals surface area contributed by atoms with E-state index in [9.17, 15) is 9.59 Å². The van der Waals surface area contributed by atoms with Gasteiger partial charge in [0.1, 0.15) is 16.9 Å². The first kappa shape index (κ1) is 26.7. The van der Waals surface area contributed by atoms with Gasteiger partial charge in [-0.1, -0.05) is 12.1 Å². The third-order valence-electron chi connectivity index (χ3n) is 10.5. The van der Waals surface area contributed by atoms with Crippen LogP contribution in [-0.4, -0.2) is 61.6 Å². The van der Waals surface area contributed by atoms with Gasteiger partial charge in [0, 0.05) is 60.8 Å². The molecule has 0 spiro atoms. The quantitative estimate of drug-likeness (QED) is 0.296. The van der Waals surface area contributed by atoms with E-state index in [4.69, 9.17) is 20.4 Å². The predicted octanol–water partition coefficient (Wildman–Crippen LogP) is 4.48. The van der Waals surface area contributed by atoms with Crippen LogP contribution < -0.4 is 15.8 Å². The number of hydrogen-bond acceptors (Lipinski definition) is 6. The average Bonchev–Trinajstić information content (AvgIpc) is 3.26. The van der Waals surface area contributed by atoms with Crippen LogP contribution >= 0.6 is 0 Å². The minimum atomic E-state index is -0.0364. The Balaban J connectivity index is 1.15. The number of carbonyl (C=O) groups excluding carboxylic acids is 2. The van der Waals surface area contributed by atoms with E-state index in [1.165, 1.54) is 12.8 Å². The first-order chi connectivity index (χ1) is 21.9. The number of ether oxygens (including phenoxy) is 1. The maximum atomic E-state index is 13.7. The molecule has 1 saturated heterocycles. The molecule has 5 heterocycles. The van der Waals surface area contributed by atoms with Crippen LogP contribution in [0.1, 0.15) is 52.0 Å². The number of rotatable bonds is 6. The summed E-state index contributed by atoms with van der Waals surface area (Å²) >= 11 is 0. The third kappa shape index (κ3) is 4.04. The Hall–Kier alpha value is -4.70. The van der Waals surface area contributed by atoms with E-state index in [1.807, 2.05) is 48.3 Å². The lowest BCUT2D eigenvalue weighted by atomic mass is 10.0. The number of imidazole rings is 1. The van der Waals surface area contributed by atoms with Crippen LogP contribution in [0.2, 0.25) is 0 Å². The van der Waals surface area contributed by atoms with Gasteiger partial charge in [-0.2, -0.15) is 0 Å². The standard InChI is InChI=1S/C35H35N7O3/c1-40-31-26(12-23(14-29(31)45-2)35(44)42-17-22-8-10-27(42)30(22)36)39-33(40)28-13-20-7-9-25(38-32(20)41(28)16-18-3-4-18)19-5-6-21-15-37-34(43)24(21)11-19/h5-7,9,11-14,18,22,27,30H,3-4,8,10,15-17,36H2,1-2H3,(H,37,43). The molecule has 3 atom stereocenters. The fraction of sp³-hybridized carbons (Fsp3) is 0.371. The molecule has 10 heteroatoms. The number of nitrogens with zero attached hydrogens (tertiary/aromatic N) is 5. The Labute approximate surface area is 260 Å². The number of nitrogens with two attached hydrogens (primary N) is 1. The Bertz CT molecular complexity index is 2070. The summed E-state index contributed by atoms with van der Waals surface area (Å²) in [5, 5.41) is 3.93. The number of fused-ring (bicyclic) bond motifs is 5. The Morgan fingerprint density at radius 3 is 2.69 bits per heavy atom. The number of nitrogens with one attached hydrogen (secondary N) is 1. The van der Waals surface area contributed by atoms with Crippen LogP contribution in [0, 0.1) is 11.8 Å². The van der Waals surface area contributed by atoms with E-state index in [0.29, 0.717) is 36.2 Å².